The molecule has 1 amide bonds. The van der Waals surface area contributed by atoms with Gasteiger partial charge in [-0.15, -0.1) is 24.0 Å². The van der Waals surface area contributed by atoms with Gasteiger partial charge in [0.15, 0.2) is 5.96 Å². The Morgan fingerprint density at radius 3 is 2.48 bits per heavy atom. The standard InChI is InChI=1S/C17H28N4O.HI/c1-5-18-17(21-12-13(2)3)20-10-9-19-16(22)15-8-6-7-14(4)11-15;/h6-8,11,13H,5,9-10,12H2,1-4H3,(H,19,22)(H2,18,20,21);1H. The molecule has 0 fully saturated rings. The van der Waals surface area contributed by atoms with Gasteiger partial charge in [0.05, 0.1) is 0 Å². The molecule has 5 nitrogen and oxygen atoms in total. The van der Waals surface area contributed by atoms with Gasteiger partial charge < -0.3 is 16.0 Å². The summed E-state index contributed by atoms with van der Waals surface area (Å²) in [6.07, 6.45) is 0. The zero-order valence-electron chi connectivity index (χ0n) is 14.5. The van der Waals surface area contributed by atoms with Crippen molar-refractivity contribution in [1.82, 2.24) is 16.0 Å². The summed E-state index contributed by atoms with van der Waals surface area (Å²) in [7, 11) is 0. The molecule has 0 aliphatic heterocycles. The van der Waals surface area contributed by atoms with Crippen LogP contribution in [0.1, 0.15) is 36.7 Å². The maximum atomic E-state index is 12.0. The van der Waals surface area contributed by atoms with Crippen LogP contribution < -0.4 is 16.0 Å². The van der Waals surface area contributed by atoms with Crippen molar-refractivity contribution in [2.45, 2.75) is 27.7 Å². The van der Waals surface area contributed by atoms with Crippen LogP contribution in [0.4, 0.5) is 0 Å². The van der Waals surface area contributed by atoms with Crippen molar-refractivity contribution in [2.24, 2.45) is 10.9 Å². The van der Waals surface area contributed by atoms with Gasteiger partial charge >= 0.3 is 0 Å². The smallest absolute Gasteiger partial charge is 0.251 e. The molecule has 0 aliphatic carbocycles. The van der Waals surface area contributed by atoms with Crippen LogP contribution in [0.5, 0.6) is 0 Å². The third-order valence-corrected chi connectivity index (χ3v) is 2.94. The first kappa shape index (κ1) is 21.7. The molecule has 0 spiro atoms. The van der Waals surface area contributed by atoms with Gasteiger partial charge in [-0.05, 0) is 31.9 Å². The third-order valence-electron chi connectivity index (χ3n) is 2.94. The second-order valence-electron chi connectivity index (χ2n) is 5.67. The molecule has 1 rings (SSSR count). The Balaban J connectivity index is 0.00000484. The van der Waals surface area contributed by atoms with E-state index in [-0.39, 0.29) is 29.9 Å². The van der Waals surface area contributed by atoms with Crippen LogP contribution >= 0.6 is 24.0 Å². The van der Waals surface area contributed by atoms with Gasteiger partial charge in [-0.3, -0.25) is 9.79 Å². The highest BCUT2D eigenvalue weighted by molar-refractivity contribution is 14.0. The third kappa shape index (κ3) is 9.43. The molecule has 0 saturated carbocycles. The number of amides is 1. The quantitative estimate of drug-likeness (QED) is 0.269. The van der Waals surface area contributed by atoms with Crippen LogP contribution in [0.15, 0.2) is 29.3 Å². The van der Waals surface area contributed by atoms with Gasteiger partial charge in [-0.1, -0.05) is 31.5 Å². The molecule has 0 unspecified atom stereocenters. The Morgan fingerprint density at radius 2 is 1.87 bits per heavy atom. The number of hydrogen-bond acceptors (Lipinski definition) is 2. The van der Waals surface area contributed by atoms with E-state index in [4.69, 9.17) is 0 Å². The Hall–Kier alpha value is -1.31. The van der Waals surface area contributed by atoms with Crippen molar-refractivity contribution in [3.8, 4) is 0 Å². The lowest BCUT2D eigenvalue weighted by atomic mass is 10.1. The molecule has 130 valence electrons. The largest absolute Gasteiger partial charge is 0.357 e. The predicted molar refractivity (Wildman–Crippen MR) is 108 cm³/mol. The molecular formula is C17H29IN4O. The van der Waals surface area contributed by atoms with Crippen molar-refractivity contribution < 1.29 is 4.79 Å². The fourth-order valence-electron chi connectivity index (χ4n) is 1.86. The number of nitrogens with one attached hydrogen (secondary N) is 3. The van der Waals surface area contributed by atoms with E-state index in [1.165, 1.54) is 0 Å². The van der Waals surface area contributed by atoms with Crippen molar-refractivity contribution in [3.63, 3.8) is 0 Å². The summed E-state index contributed by atoms with van der Waals surface area (Å²) in [4.78, 5) is 16.5. The van der Waals surface area contributed by atoms with Gasteiger partial charge in [0, 0.05) is 31.7 Å². The van der Waals surface area contributed by atoms with Gasteiger partial charge in [-0.25, -0.2) is 0 Å². The van der Waals surface area contributed by atoms with Gasteiger partial charge in [0.1, 0.15) is 0 Å². The van der Waals surface area contributed by atoms with Gasteiger partial charge in [-0.2, -0.15) is 0 Å². The molecule has 1 aromatic carbocycles. The Morgan fingerprint density at radius 1 is 1.17 bits per heavy atom. The molecule has 3 N–H and O–H groups in total. The van der Waals surface area contributed by atoms with Crippen LogP contribution in [0.25, 0.3) is 0 Å². The molecule has 0 bridgehead atoms. The number of nitrogens with zero attached hydrogens (tertiary/aromatic N) is 1. The fourth-order valence-corrected chi connectivity index (χ4v) is 1.86. The number of hydrogen-bond donors (Lipinski definition) is 3. The van der Waals surface area contributed by atoms with Crippen molar-refractivity contribution in [2.75, 3.05) is 26.2 Å². The highest BCUT2D eigenvalue weighted by Gasteiger charge is 2.04. The summed E-state index contributed by atoms with van der Waals surface area (Å²) < 4.78 is 0. The minimum atomic E-state index is -0.0466. The summed E-state index contributed by atoms with van der Waals surface area (Å²) >= 11 is 0. The number of benzene rings is 1. The molecule has 0 atom stereocenters. The molecule has 6 heteroatoms. The molecular weight excluding hydrogens is 403 g/mol. The van der Waals surface area contributed by atoms with Crippen molar-refractivity contribution in [3.05, 3.63) is 35.4 Å². The zero-order valence-corrected chi connectivity index (χ0v) is 16.8. The van der Waals surface area contributed by atoms with Crippen molar-refractivity contribution >= 4 is 35.8 Å². The lowest BCUT2D eigenvalue weighted by Crippen LogP contribution is -2.41. The molecule has 0 aliphatic rings. The maximum absolute atomic E-state index is 12.0. The number of carbonyl (C=O) groups is 1. The fraction of sp³-hybridized carbons (Fsp3) is 0.529. The Labute approximate surface area is 156 Å². The zero-order chi connectivity index (χ0) is 16.4. The van der Waals surface area contributed by atoms with Crippen LogP contribution in [0.2, 0.25) is 0 Å². The summed E-state index contributed by atoms with van der Waals surface area (Å²) in [5, 5.41) is 9.31. The second kappa shape index (κ2) is 12.2. The van der Waals surface area contributed by atoms with E-state index in [0.29, 0.717) is 24.6 Å². The van der Waals surface area contributed by atoms with E-state index in [0.717, 1.165) is 24.6 Å². The first-order valence-electron chi connectivity index (χ1n) is 7.90. The number of aliphatic imine (C=N–C) groups is 1. The first-order chi connectivity index (χ1) is 10.5. The van der Waals surface area contributed by atoms with E-state index >= 15 is 0 Å². The average molecular weight is 432 g/mol. The van der Waals surface area contributed by atoms with Crippen LogP contribution in [-0.4, -0.2) is 38.0 Å². The summed E-state index contributed by atoms with van der Waals surface area (Å²) in [5.41, 5.74) is 1.78. The summed E-state index contributed by atoms with van der Waals surface area (Å²) in [6, 6.07) is 7.58. The topological polar surface area (TPSA) is 65.5 Å². The highest BCUT2D eigenvalue weighted by atomic mass is 127. The molecule has 0 heterocycles. The van der Waals surface area contributed by atoms with E-state index in [1.54, 1.807) is 0 Å². The molecule has 0 radical (unpaired) electrons. The van der Waals surface area contributed by atoms with E-state index in [1.807, 2.05) is 38.1 Å². The Kier molecular flexibility index (Phi) is 11.5. The van der Waals surface area contributed by atoms with Crippen LogP contribution in [0.3, 0.4) is 0 Å². The number of rotatable bonds is 7. The summed E-state index contributed by atoms with van der Waals surface area (Å²) in [6.45, 7) is 11.1. The number of halogens is 1. The van der Waals surface area contributed by atoms with Gasteiger partial charge in [0.2, 0.25) is 0 Å². The first-order valence-corrected chi connectivity index (χ1v) is 7.90. The number of guanidine groups is 1. The van der Waals surface area contributed by atoms with E-state index in [2.05, 4.69) is 34.8 Å². The minimum absolute atomic E-state index is 0. The second-order valence-corrected chi connectivity index (χ2v) is 5.67. The molecule has 0 aromatic heterocycles. The SMILES string of the molecule is CCNC(=NCC(C)C)NCCNC(=O)c1cccc(C)c1.I. The monoisotopic (exact) mass is 432 g/mol. The Bertz CT molecular complexity index is 503. The average Bonchev–Trinajstić information content (AvgIpc) is 2.48. The highest BCUT2D eigenvalue weighted by Crippen LogP contribution is 2.03. The molecule has 0 saturated heterocycles. The summed E-state index contributed by atoms with van der Waals surface area (Å²) in [5.74, 6) is 1.27. The lowest BCUT2D eigenvalue weighted by molar-refractivity contribution is 0.0954. The molecule has 23 heavy (non-hydrogen) atoms. The van der Waals surface area contributed by atoms with E-state index in [9.17, 15) is 4.79 Å². The predicted octanol–water partition coefficient (Wildman–Crippen LogP) is 2.55. The van der Waals surface area contributed by atoms with E-state index < -0.39 is 0 Å². The van der Waals surface area contributed by atoms with Crippen molar-refractivity contribution in [1.29, 1.82) is 0 Å². The lowest BCUT2D eigenvalue weighted by Gasteiger charge is -2.12. The minimum Gasteiger partial charge on any atom is -0.357 e. The normalized spacial score (nSPS) is 10.9. The number of aryl methyl sites for hydroxylation is 1. The molecule has 1 aromatic rings. The van der Waals surface area contributed by atoms with Crippen LogP contribution in [0, 0.1) is 12.8 Å². The maximum Gasteiger partial charge on any atom is 0.251 e. The number of carbonyl (C=O) groups excluding carboxylic acids is 1. The van der Waals surface area contributed by atoms with Crippen LogP contribution in [-0.2, 0) is 0 Å². The van der Waals surface area contributed by atoms with Gasteiger partial charge in [0.25, 0.3) is 5.91 Å².